The van der Waals surface area contributed by atoms with Crippen LogP contribution in [0.4, 0.5) is 28.6 Å². The number of piperazine rings is 1. The summed E-state index contributed by atoms with van der Waals surface area (Å²) in [7, 11) is 3.79. The molecule has 1 unspecified atom stereocenters. The van der Waals surface area contributed by atoms with Crippen molar-refractivity contribution in [1.82, 2.24) is 19.8 Å². The van der Waals surface area contributed by atoms with Gasteiger partial charge in [0.15, 0.2) is 5.82 Å². The molecule has 2 heterocycles. The molecule has 0 spiro atoms. The van der Waals surface area contributed by atoms with Crippen molar-refractivity contribution in [3.8, 4) is 11.1 Å². The van der Waals surface area contributed by atoms with Gasteiger partial charge in [-0.15, -0.1) is 11.8 Å². The van der Waals surface area contributed by atoms with Crippen molar-refractivity contribution in [1.29, 1.82) is 0 Å². The maximum absolute atomic E-state index is 13.8. The number of sulfonamides is 1. The Labute approximate surface area is 356 Å². The van der Waals surface area contributed by atoms with Gasteiger partial charge in [0.1, 0.15) is 12.0 Å². The zero-order valence-corrected chi connectivity index (χ0v) is 36.0. The van der Waals surface area contributed by atoms with Crippen molar-refractivity contribution in [2.75, 3.05) is 86.5 Å². The first-order chi connectivity index (χ1) is 28.9. The van der Waals surface area contributed by atoms with Crippen LogP contribution in [0.25, 0.3) is 22.0 Å². The van der Waals surface area contributed by atoms with Crippen LogP contribution in [0.1, 0.15) is 12.0 Å². The molecule has 5 aromatic carbocycles. The minimum absolute atomic E-state index is 0.0953. The molecule has 1 saturated heterocycles. The maximum Gasteiger partial charge on any atom is 0.293 e. The molecule has 7 rings (SSSR count). The Morgan fingerprint density at radius 3 is 2.30 bits per heavy atom. The number of benzene rings is 5. The highest BCUT2D eigenvalue weighted by molar-refractivity contribution is 7.99. The largest absolute Gasteiger partial charge is 0.378 e. The molecule has 1 fully saturated rings. The molecule has 2 N–H and O–H groups in total. The summed E-state index contributed by atoms with van der Waals surface area (Å²) >= 11 is 1.66. The predicted octanol–water partition coefficient (Wildman–Crippen LogP) is 7.92. The lowest BCUT2D eigenvalue weighted by Gasteiger charge is -2.36. The number of hydrogen-bond donors (Lipinski definition) is 2. The number of nitrogens with zero attached hydrogens (tertiary/aromatic N) is 7. The Bertz CT molecular complexity index is 2520. The molecule has 0 saturated carbocycles. The number of fused-ring (bicyclic) bond motifs is 1. The first-order valence-electron chi connectivity index (χ1n) is 19.9. The predicted molar refractivity (Wildman–Crippen MR) is 245 cm³/mol. The normalized spacial score (nSPS) is 14.0. The minimum atomic E-state index is -4.26. The standard InChI is InChI=1S/C45H51N9O4S2/c1-50(2)23-22-35(31-59-38-11-6-5-7-12-38)48-42-21-19-39(29-44(42)54(55)56)60(57,58)49-45-41-20-18-37(28-43(41)46-32-47-45)53-26-24-52(25-27-53)30-34-10-8-9-13-40(34)33-14-16-36(17-15-33)51(3)4/h5-21,28-29,32,35,48H,22-27,30-31H2,1-4H3,(H,46,47,49). The lowest BCUT2D eigenvalue weighted by Crippen LogP contribution is -2.46. The van der Waals surface area contributed by atoms with Crippen LogP contribution in [0.2, 0.25) is 0 Å². The Kier molecular flexibility index (Phi) is 13.5. The number of hydrogen-bond acceptors (Lipinski definition) is 12. The summed E-state index contributed by atoms with van der Waals surface area (Å²) in [6.07, 6.45) is 2.05. The number of nitrogens with one attached hydrogen (secondary N) is 2. The summed E-state index contributed by atoms with van der Waals surface area (Å²) in [5.41, 5.74) is 6.41. The molecule has 13 nitrogen and oxygen atoms in total. The molecule has 0 radical (unpaired) electrons. The third-order valence-corrected chi connectivity index (χ3v) is 13.2. The number of anilines is 4. The van der Waals surface area contributed by atoms with Gasteiger partial charge in [0.2, 0.25) is 0 Å². The van der Waals surface area contributed by atoms with E-state index in [4.69, 9.17) is 0 Å². The van der Waals surface area contributed by atoms with Crippen molar-refractivity contribution in [2.45, 2.75) is 28.8 Å². The molecule has 6 aromatic rings. The highest BCUT2D eigenvalue weighted by Gasteiger charge is 2.25. The Balaban J connectivity index is 1.01. The van der Waals surface area contributed by atoms with Crippen LogP contribution in [-0.4, -0.2) is 106 Å². The molecule has 1 atom stereocenters. The molecule has 0 bridgehead atoms. The Morgan fingerprint density at radius 2 is 1.58 bits per heavy atom. The van der Waals surface area contributed by atoms with E-state index in [9.17, 15) is 18.5 Å². The molecular weight excluding hydrogens is 795 g/mol. The second kappa shape index (κ2) is 19.1. The van der Waals surface area contributed by atoms with Crippen LogP contribution >= 0.6 is 11.8 Å². The van der Waals surface area contributed by atoms with Crippen LogP contribution < -0.4 is 19.8 Å². The summed E-state index contributed by atoms with van der Waals surface area (Å²) in [5, 5.41) is 16.2. The van der Waals surface area contributed by atoms with E-state index < -0.39 is 14.9 Å². The summed E-state index contributed by atoms with van der Waals surface area (Å²) in [5.74, 6) is 0.760. The molecule has 1 aromatic heterocycles. The molecule has 312 valence electrons. The van der Waals surface area contributed by atoms with E-state index in [0.717, 1.165) is 62.3 Å². The summed E-state index contributed by atoms with van der Waals surface area (Å²) in [6.45, 7) is 5.02. The quantitative estimate of drug-likeness (QED) is 0.0524. The van der Waals surface area contributed by atoms with Crippen LogP contribution in [0.3, 0.4) is 0 Å². The van der Waals surface area contributed by atoms with E-state index in [1.54, 1.807) is 11.8 Å². The van der Waals surface area contributed by atoms with Crippen LogP contribution in [-0.2, 0) is 16.6 Å². The topological polar surface area (TPSA) is 140 Å². The van der Waals surface area contributed by atoms with E-state index in [2.05, 4.69) is 88.1 Å². The van der Waals surface area contributed by atoms with Crippen LogP contribution in [0.15, 0.2) is 131 Å². The van der Waals surface area contributed by atoms with Gasteiger partial charge in [-0.2, -0.15) is 0 Å². The highest BCUT2D eigenvalue weighted by Crippen LogP contribution is 2.33. The van der Waals surface area contributed by atoms with Gasteiger partial charge in [0, 0.05) is 86.3 Å². The molecule has 0 amide bonds. The van der Waals surface area contributed by atoms with Crippen molar-refractivity contribution in [3.05, 3.63) is 137 Å². The summed E-state index contributed by atoms with van der Waals surface area (Å²) in [4.78, 5) is 30.3. The van der Waals surface area contributed by atoms with Gasteiger partial charge in [-0.05, 0) is 98.3 Å². The zero-order chi connectivity index (χ0) is 42.2. The van der Waals surface area contributed by atoms with Crippen molar-refractivity contribution >= 4 is 61.3 Å². The fraction of sp³-hybridized carbons (Fsp3) is 0.289. The molecule has 0 aliphatic carbocycles. The Morgan fingerprint density at radius 1 is 0.850 bits per heavy atom. The minimum Gasteiger partial charge on any atom is -0.378 e. The van der Waals surface area contributed by atoms with Gasteiger partial charge in [0.05, 0.1) is 15.3 Å². The van der Waals surface area contributed by atoms with Crippen LogP contribution in [0.5, 0.6) is 0 Å². The Hall–Kier alpha value is -5.74. The number of rotatable bonds is 17. The molecule has 15 heteroatoms. The second-order valence-corrected chi connectivity index (χ2v) is 18.2. The third kappa shape index (κ3) is 10.5. The first-order valence-corrected chi connectivity index (χ1v) is 22.4. The van der Waals surface area contributed by atoms with Crippen molar-refractivity contribution < 1.29 is 13.3 Å². The summed E-state index contributed by atoms with van der Waals surface area (Å²) in [6, 6.07) is 36.8. The second-order valence-electron chi connectivity index (χ2n) is 15.4. The maximum atomic E-state index is 13.8. The monoisotopic (exact) mass is 845 g/mol. The SMILES string of the molecule is CN(C)CCC(CSc1ccccc1)Nc1ccc(S(=O)(=O)Nc2ncnc3cc(N4CCN(Cc5ccccc5-c5ccc(N(C)C)cc5)CC4)ccc23)cc1[N+](=O)[O-]. The molecule has 1 aliphatic heterocycles. The van der Waals surface area contributed by atoms with E-state index >= 15 is 0 Å². The lowest BCUT2D eigenvalue weighted by atomic mass is 9.99. The van der Waals surface area contributed by atoms with E-state index in [1.807, 2.05) is 76.7 Å². The van der Waals surface area contributed by atoms with Gasteiger partial charge < -0.3 is 20.0 Å². The smallest absolute Gasteiger partial charge is 0.293 e. The van der Waals surface area contributed by atoms with Crippen molar-refractivity contribution in [3.63, 3.8) is 0 Å². The number of aromatic nitrogens is 2. The van der Waals surface area contributed by atoms with E-state index in [0.29, 0.717) is 16.7 Å². The van der Waals surface area contributed by atoms with Crippen molar-refractivity contribution in [2.24, 2.45) is 0 Å². The highest BCUT2D eigenvalue weighted by atomic mass is 32.2. The fourth-order valence-electron chi connectivity index (χ4n) is 7.29. The third-order valence-electron chi connectivity index (χ3n) is 10.6. The number of nitro benzene ring substituents is 1. The van der Waals surface area contributed by atoms with Gasteiger partial charge in [0.25, 0.3) is 15.7 Å². The van der Waals surface area contributed by atoms with Crippen LogP contribution in [0, 0.1) is 10.1 Å². The first kappa shape index (κ1) is 42.4. The van der Waals surface area contributed by atoms with Gasteiger partial charge in [-0.3, -0.25) is 19.7 Å². The molecule has 60 heavy (non-hydrogen) atoms. The molecular formula is C45H51N9O4S2. The zero-order valence-electron chi connectivity index (χ0n) is 34.4. The average Bonchev–Trinajstić information content (AvgIpc) is 3.25. The fourth-order valence-corrected chi connectivity index (χ4v) is 9.33. The average molecular weight is 846 g/mol. The van der Waals surface area contributed by atoms with Gasteiger partial charge in [-0.1, -0.05) is 54.6 Å². The van der Waals surface area contributed by atoms with E-state index in [1.165, 1.54) is 40.8 Å². The van der Waals surface area contributed by atoms with Gasteiger partial charge >= 0.3 is 0 Å². The number of thioether (sulfide) groups is 1. The van der Waals surface area contributed by atoms with Gasteiger partial charge in [-0.25, -0.2) is 18.4 Å². The lowest BCUT2D eigenvalue weighted by molar-refractivity contribution is -0.384. The number of nitro groups is 1. The summed E-state index contributed by atoms with van der Waals surface area (Å²) < 4.78 is 30.1. The van der Waals surface area contributed by atoms with E-state index in [-0.39, 0.29) is 28.1 Å². The molecule has 1 aliphatic rings.